The molecule has 0 aliphatic heterocycles. The molecule has 0 unspecified atom stereocenters. The van der Waals surface area contributed by atoms with Crippen LogP contribution in [0.2, 0.25) is 10.6 Å². The van der Waals surface area contributed by atoms with Gasteiger partial charge in [0.05, 0.1) is 14.2 Å². The summed E-state index contributed by atoms with van der Waals surface area (Å²) in [5, 5.41) is 5.97. The summed E-state index contributed by atoms with van der Waals surface area (Å²) in [6, 6.07) is 0.258. The summed E-state index contributed by atoms with van der Waals surface area (Å²) in [6.45, 7) is 0.935. The van der Waals surface area contributed by atoms with Gasteiger partial charge in [0, 0.05) is 13.1 Å². The van der Waals surface area contributed by atoms with Gasteiger partial charge in [-0.05, 0) is 23.2 Å². The van der Waals surface area contributed by atoms with Crippen molar-refractivity contribution in [1.29, 1.82) is 0 Å². The first-order valence-electron chi connectivity index (χ1n) is 5.99. The van der Waals surface area contributed by atoms with Crippen LogP contribution in [0.25, 0.3) is 0 Å². The number of nitrogens with one attached hydrogen (secondary N) is 2. The van der Waals surface area contributed by atoms with Gasteiger partial charge in [-0.25, -0.2) is 0 Å². The molecule has 0 aliphatic rings. The van der Waals surface area contributed by atoms with Gasteiger partial charge in [-0.2, -0.15) is 29.9 Å². The molecule has 12 heteroatoms. The summed E-state index contributed by atoms with van der Waals surface area (Å²) in [7, 11) is 2.88. The number of anilines is 2. The topological polar surface area (TPSA) is 120 Å². The monoisotopic (exact) mass is 346 g/mol. The summed E-state index contributed by atoms with van der Waals surface area (Å²) >= 11 is 11.5. The van der Waals surface area contributed by atoms with Gasteiger partial charge in [-0.3, -0.25) is 0 Å². The lowest BCUT2D eigenvalue weighted by molar-refractivity contribution is 0.378. The molecule has 0 saturated heterocycles. The number of methoxy groups -OCH3 is 2. The minimum absolute atomic E-state index is 0.0382. The third-order valence-corrected chi connectivity index (χ3v) is 2.57. The molecule has 2 rings (SSSR count). The Balaban J connectivity index is 1.87. The minimum Gasteiger partial charge on any atom is -0.467 e. The third kappa shape index (κ3) is 4.67. The zero-order valence-electron chi connectivity index (χ0n) is 11.7. The second-order valence-corrected chi connectivity index (χ2v) is 4.36. The van der Waals surface area contributed by atoms with Crippen LogP contribution in [0.5, 0.6) is 12.0 Å². The molecule has 0 saturated carbocycles. The SMILES string of the molecule is COc1nc(Cl)nc(NCCNc2nc(Cl)nc(OC)n2)n1. The molecule has 0 amide bonds. The lowest BCUT2D eigenvalue weighted by Gasteiger charge is -2.08. The summed E-state index contributed by atoms with van der Waals surface area (Å²) < 4.78 is 9.78. The van der Waals surface area contributed by atoms with E-state index in [4.69, 9.17) is 32.7 Å². The zero-order valence-corrected chi connectivity index (χ0v) is 13.2. The zero-order chi connectivity index (χ0) is 15.9. The maximum atomic E-state index is 5.73. The van der Waals surface area contributed by atoms with Gasteiger partial charge in [0.2, 0.25) is 22.5 Å². The lowest BCUT2D eigenvalue weighted by atomic mass is 10.6. The smallest absolute Gasteiger partial charge is 0.322 e. The molecule has 22 heavy (non-hydrogen) atoms. The van der Waals surface area contributed by atoms with E-state index in [9.17, 15) is 0 Å². The van der Waals surface area contributed by atoms with E-state index in [-0.39, 0.29) is 22.6 Å². The Labute approximate surface area is 135 Å². The fourth-order valence-corrected chi connectivity index (χ4v) is 1.66. The number of aromatic nitrogens is 6. The number of halogens is 2. The van der Waals surface area contributed by atoms with E-state index in [0.717, 1.165) is 0 Å². The summed E-state index contributed by atoms with van der Waals surface area (Å²) in [4.78, 5) is 23.3. The minimum atomic E-state index is 0.0382. The predicted octanol–water partition coefficient (Wildman–Crippen LogP) is 0.905. The van der Waals surface area contributed by atoms with Crippen molar-refractivity contribution in [3.05, 3.63) is 10.6 Å². The highest BCUT2D eigenvalue weighted by molar-refractivity contribution is 6.28. The summed E-state index contributed by atoms with van der Waals surface area (Å²) in [6.07, 6.45) is 0. The van der Waals surface area contributed by atoms with E-state index in [0.29, 0.717) is 25.0 Å². The van der Waals surface area contributed by atoms with Crippen LogP contribution < -0.4 is 20.1 Å². The Morgan fingerprint density at radius 2 is 1.14 bits per heavy atom. The fraction of sp³-hybridized carbons (Fsp3) is 0.400. The average Bonchev–Trinajstić information content (AvgIpc) is 2.50. The van der Waals surface area contributed by atoms with Crippen molar-refractivity contribution in [1.82, 2.24) is 29.9 Å². The molecule has 0 spiro atoms. The van der Waals surface area contributed by atoms with Crippen molar-refractivity contribution < 1.29 is 9.47 Å². The quantitative estimate of drug-likeness (QED) is 0.699. The molecule has 2 heterocycles. The van der Waals surface area contributed by atoms with Crippen molar-refractivity contribution in [2.75, 3.05) is 37.9 Å². The fourth-order valence-electron chi connectivity index (χ4n) is 1.35. The molecule has 118 valence electrons. The van der Waals surface area contributed by atoms with Gasteiger partial charge in [0.15, 0.2) is 0 Å². The van der Waals surface area contributed by atoms with Crippen molar-refractivity contribution in [2.45, 2.75) is 0 Å². The standard InChI is InChI=1S/C10H12Cl2N8O2/c1-21-9-17-5(11)15-7(19-9)13-3-4-14-8-16-6(12)18-10(20-8)22-2/h3-4H2,1-2H3,(H,13,15,17,19)(H,14,16,18,20). The second-order valence-electron chi connectivity index (χ2n) is 3.68. The Morgan fingerprint density at radius 1 is 0.727 bits per heavy atom. The van der Waals surface area contributed by atoms with Crippen LogP contribution in [0.4, 0.5) is 11.9 Å². The molecule has 2 N–H and O–H groups in total. The normalized spacial score (nSPS) is 10.2. The highest BCUT2D eigenvalue weighted by Gasteiger charge is 2.06. The van der Waals surface area contributed by atoms with Crippen LogP contribution in [0, 0.1) is 0 Å². The van der Waals surface area contributed by atoms with E-state index < -0.39 is 0 Å². The molecule has 10 nitrogen and oxygen atoms in total. The maximum absolute atomic E-state index is 5.73. The Morgan fingerprint density at radius 3 is 1.50 bits per heavy atom. The van der Waals surface area contributed by atoms with Gasteiger partial charge >= 0.3 is 12.0 Å². The molecular formula is C10H12Cl2N8O2. The first-order chi connectivity index (χ1) is 10.6. The van der Waals surface area contributed by atoms with E-state index >= 15 is 0 Å². The number of nitrogens with zero attached hydrogens (tertiary/aromatic N) is 6. The van der Waals surface area contributed by atoms with E-state index in [1.54, 1.807) is 0 Å². The lowest BCUT2D eigenvalue weighted by Crippen LogP contribution is -2.17. The van der Waals surface area contributed by atoms with Crippen LogP contribution in [0.3, 0.4) is 0 Å². The molecular weight excluding hydrogens is 335 g/mol. The van der Waals surface area contributed by atoms with Crippen LogP contribution in [-0.4, -0.2) is 57.2 Å². The van der Waals surface area contributed by atoms with Crippen LogP contribution in [0.15, 0.2) is 0 Å². The van der Waals surface area contributed by atoms with Gasteiger partial charge in [-0.1, -0.05) is 0 Å². The van der Waals surface area contributed by atoms with E-state index in [1.807, 2.05) is 0 Å². The third-order valence-electron chi connectivity index (χ3n) is 2.23. The van der Waals surface area contributed by atoms with Crippen molar-refractivity contribution in [3.8, 4) is 12.0 Å². The molecule has 0 radical (unpaired) electrons. The highest BCUT2D eigenvalue weighted by atomic mass is 35.5. The Kier molecular flexibility index (Phi) is 5.67. The van der Waals surface area contributed by atoms with Crippen molar-refractivity contribution in [3.63, 3.8) is 0 Å². The van der Waals surface area contributed by atoms with Crippen LogP contribution in [0.1, 0.15) is 0 Å². The predicted molar refractivity (Wildman–Crippen MR) is 79.8 cm³/mol. The molecule has 0 aliphatic carbocycles. The first kappa shape index (κ1) is 16.2. The summed E-state index contributed by atoms with van der Waals surface area (Å²) in [5.74, 6) is 0.592. The van der Waals surface area contributed by atoms with Crippen LogP contribution in [-0.2, 0) is 0 Å². The summed E-state index contributed by atoms with van der Waals surface area (Å²) in [5.41, 5.74) is 0. The van der Waals surface area contributed by atoms with E-state index in [1.165, 1.54) is 14.2 Å². The van der Waals surface area contributed by atoms with Gasteiger partial charge in [-0.15, -0.1) is 0 Å². The molecule has 0 bridgehead atoms. The van der Waals surface area contributed by atoms with Crippen molar-refractivity contribution in [2.24, 2.45) is 0 Å². The highest BCUT2D eigenvalue weighted by Crippen LogP contribution is 2.11. The average molecular weight is 347 g/mol. The molecule has 0 fully saturated rings. The second kappa shape index (κ2) is 7.71. The molecule has 2 aromatic rings. The van der Waals surface area contributed by atoms with Gasteiger partial charge in [0.1, 0.15) is 0 Å². The van der Waals surface area contributed by atoms with Gasteiger partial charge < -0.3 is 20.1 Å². The number of rotatable bonds is 7. The molecule has 0 atom stereocenters. The van der Waals surface area contributed by atoms with Crippen molar-refractivity contribution >= 4 is 35.1 Å². The maximum Gasteiger partial charge on any atom is 0.322 e. The van der Waals surface area contributed by atoms with E-state index in [2.05, 4.69) is 40.5 Å². The Bertz CT molecular complexity index is 589. The Hall–Kier alpha value is -2.20. The number of hydrogen-bond acceptors (Lipinski definition) is 10. The van der Waals surface area contributed by atoms with Gasteiger partial charge in [0.25, 0.3) is 0 Å². The number of ether oxygens (including phenoxy) is 2. The molecule has 0 aromatic carbocycles. The largest absolute Gasteiger partial charge is 0.467 e. The molecule has 2 aromatic heterocycles. The number of hydrogen-bond donors (Lipinski definition) is 2. The first-order valence-corrected chi connectivity index (χ1v) is 6.75. The van der Waals surface area contributed by atoms with Crippen LogP contribution >= 0.6 is 23.2 Å².